The molecule has 0 bridgehead atoms. The molecule has 2 heterocycles. The molecular formula is C17H24N4OS. The van der Waals surface area contributed by atoms with Gasteiger partial charge in [0, 0.05) is 23.9 Å². The lowest BCUT2D eigenvalue weighted by molar-refractivity contribution is 0.277. The standard InChI is InChI=1S/C17H24N4OS/c1-5-6-7-13-8-9-21(16(23-4)19-12-18)10-14(13)15-20-17(2,3)11-22-15/h8-10,13H,5-7,11H2,1-4H3. The summed E-state index contributed by atoms with van der Waals surface area (Å²) < 4.78 is 5.85. The fraction of sp³-hybridized carbons (Fsp3) is 0.588. The fourth-order valence-electron chi connectivity index (χ4n) is 2.58. The van der Waals surface area contributed by atoms with E-state index in [0.29, 0.717) is 17.7 Å². The van der Waals surface area contributed by atoms with E-state index in [1.54, 1.807) is 0 Å². The minimum Gasteiger partial charge on any atom is -0.475 e. The molecule has 2 aliphatic rings. The average Bonchev–Trinajstić information content (AvgIpc) is 2.90. The van der Waals surface area contributed by atoms with Crippen molar-refractivity contribution in [3.8, 4) is 6.19 Å². The molecule has 0 amide bonds. The van der Waals surface area contributed by atoms with Gasteiger partial charge in [0.05, 0.1) is 5.54 Å². The summed E-state index contributed by atoms with van der Waals surface area (Å²) in [5.74, 6) is 1.02. The topological polar surface area (TPSA) is 61.0 Å². The second-order valence-corrected chi connectivity index (χ2v) is 7.07. The van der Waals surface area contributed by atoms with E-state index in [1.807, 2.05) is 29.7 Å². The molecule has 23 heavy (non-hydrogen) atoms. The molecule has 0 N–H and O–H groups in total. The Hall–Kier alpha value is -1.74. The third kappa shape index (κ3) is 4.38. The van der Waals surface area contributed by atoms with Crippen molar-refractivity contribution in [2.45, 2.75) is 45.6 Å². The maximum atomic E-state index is 8.84. The van der Waals surface area contributed by atoms with Gasteiger partial charge in [-0.1, -0.05) is 37.6 Å². The molecule has 0 saturated carbocycles. The van der Waals surface area contributed by atoms with Crippen LogP contribution in [-0.2, 0) is 4.74 Å². The summed E-state index contributed by atoms with van der Waals surface area (Å²) in [5.41, 5.74) is 0.895. The van der Waals surface area contributed by atoms with Gasteiger partial charge in [-0.05, 0) is 26.5 Å². The van der Waals surface area contributed by atoms with Crippen LogP contribution in [0, 0.1) is 17.4 Å². The first-order valence-electron chi connectivity index (χ1n) is 7.93. The Morgan fingerprint density at radius 1 is 1.61 bits per heavy atom. The number of hydrogen-bond donors (Lipinski definition) is 0. The lowest BCUT2D eigenvalue weighted by Gasteiger charge is -2.26. The number of allylic oxidation sites excluding steroid dienone is 1. The minimum atomic E-state index is -0.180. The maximum absolute atomic E-state index is 8.84. The van der Waals surface area contributed by atoms with Gasteiger partial charge in [-0.2, -0.15) is 5.26 Å². The fourth-order valence-corrected chi connectivity index (χ4v) is 3.04. The van der Waals surface area contributed by atoms with Gasteiger partial charge in [0.2, 0.25) is 12.1 Å². The van der Waals surface area contributed by atoms with E-state index in [9.17, 15) is 0 Å². The Kier molecular flexibility index (Phi) is 5.89. The molecule has 0 aliphatic carbocycles. The maximum Gasteiger partial charge on any atom is 0.214 e. The highest BCUT2D eigenvalue weighted by Crippen LogP contribution is 2.31. The number of nitrogens with zero attached hydrogens (tertiary/aromatic N) is 4. The van der Waals surface area contributed by atoms with E-state index in [2.05, 4.69) is 31.8 Å². The van der Waals surface area contributed by atoms with E-state index in [0.717, 1.165) is 30.7 Å². The smallest absolute Gasteiger partial charge is 0.214 e. The number of nitriles is 1. The number of ether oxygens (including phenoxy) is 1. The van der Waals surface area contributed by atoms with Crippen LogP contribution < -0.4 is 0 Å². The van der Waals surface area contributed by atoms with Crippen LogP contribution in [-0.4, -0.2) is 34.4 Å². The molecule has 1 unspecified atom stereocenters. The highest BCUT2D eigenvalue weighted by Gasteiger charge is 2.32. The Balaban J connectivity index is 2.32. The van der Waals surface area contributed by atoms with Crippen molar-refractivity contribution in [2.24, 2.45) is 15.9 Å². The van der Waals surface area contributed by atoms with Crippen LogP contribution in [0.1, 0.15) is 40.0 Å². The monoisotopic (exact) mass is 332 g/mol. The van der Waals surface area contributed by atoms with Crippen molar-refractivity contribution < 1.29 is 4.74 Å². The van der Waals surface area contributed by atoms with E-state index in [1.165, 1.54) is 11.8 Å². The Morgan fingerprint density at radius 2 is 2.39 bits per heavy atom. The first kappa shape index (κ1) is 17.6. The summed E-state index contributed by atoms with van der Waals surface area (Å²) in [5, 5.41) is 9.49. The van der Waals surface area contributed by atoms with E-state index < -0.39 is 0 Å². The number of rotatable bonds is 4. The van der Waals surface area contributed by atoms with Crippen LogP contribution in [0.3, 0.4) is 0 Å². The zero-order valence-corrected chi connectivity index (χ0v) is 15.1. The van der Waals surface area contributed by atoms with Crippen LogP contribution >= 0.6 is 11.8 Å². The van der Waals surface area contributed by atoms with Crippen molar-refractivity contribution in [3.63, 3.8) is 0 Å². The normalized spacial score (nSPS) is 23.2. The lowest BCUT2D eigenvalue weighted by Crippen LogP contribution is -2.25. The molecule has 0 fully saturated rings. The quantitative estimate of drug-likeness (QED) is 0.445. The third-order valence-electron chi connectivity index (χ3n) is 3.79. The van der Waals surface area contributed by atoms with Crippen LogP contribution in [0.4, 0.5) is 0 Å². The van der Waals surface area contributed by atoms with E-state index >= 15 is 0 Å². The van der Waals surface area contributed by atoms with Gasteiger partial charge >= 0.3 is 0 Å². The molecule has 1 atom stereocenters. The van der Waals surface area contributed by atoms with Crippen molar-refractivity contribution in [3.05, 3.63) is 24.0 Å². The molecule has 0 spiro atoms. The Bertz CT molecular complexity index is 598. The van der Waals surface area contributed by atoms with Gasteiger partial charge in [-0.15, -0.1) is 4.99 Å². The Labute approximate surface area is 142 Å². The van der Waals surface area contributed by atoms with Crippen molar-refractivity contribution in [2.75, 3.05) is 12.9 Å². The van der Waals surface area contributed by atoms with Crippen LogP contribution in [0.5, 0.6) is 0 Å². The first-order valence-corrected chi connectivity index (χ1v) is 9.15. The zero-order valence-electron chi connectivity index (χ0n) is 14.2. The number of unbranched alkanes of at least 4 members (excludes halogenated alkanes) is 1. The molecule has 2 aliphatic heterocycles. The van der Waals surface area contributed by atoms with Crippen molar-refractivity contribution in [1.82, 2.24) is 4.90 Å². The molecule has 2 rings (SSSR count). The van der Waals surface area contributed by atoms with Crippen molar-refractivity contribution >= 4 is 22.8 Å². The molecule has 124 valence electrons. The highest BCUT2D eigenvalue weighted by molar-refractivity contribution is 8.13. The third-order valence-corrected chi connectivity index (χ3v) is 4.45. The van der Waals surface area contributed by atoms with Gasteiger partial charge in [0.25, 0.3) is 0 Å². The second-order valence-electron chi connectivity index (χ2n) is 6.30. The molecule has 0 aromatic rings. The van der Waals surface area contributed by atoms with Gasteiger partial charge in [0.1, 0.15) is 6.61 Å². The summed E-state index contributed by atoms with van der Waals surface area (Å²) in [6.07, 6.45) is 13.3. The summed E-state index contributed by atoms with van der Waals surface area (Å²) in [6.45, 7) is 6.94. The predicted octanol–water partition coefficient (Wildman–Crippen LogP) is 3.91. The van der Waals surface area contributed by atoms with Gasteiger partial charge in [-0.3, -0.25) is 0 Å². The first-order chi connectivity index (χ1) is 11.0. The summed E-state index contributed by atoms with van der Waals surface area (Å²) >= 11 is 1.44. The molecular weight excluding hydrogens is 308 g/mol. The van der Waals surface area contributed by atoms with Crippen LogP contribution in [0.25, 0.3) is 0 Å². The van der Waals surface area contributed by atoms with Crippen molar-refractivity contribution in [1.29, 1.82) is 5.26 Å². The Morgan fingerprint density at radius 3 is 2.96 bits per heavy atom. The molecule has 0 radical (unpaired) electrons. The average molecular weight is 332 g/mol. The van der Waals surface area contributed by atoms with Crippen LogP contribution in [0.2, 0.25) is 0 Å². The number of thioether (sulfide) groups is 1. The molecule has 0 aromatic carbocycles. The summed E-state index contributed by atoms with van der Waals surface area (Å²) in [7, 11) is 0. The van der Waals surface area contributed by atoms with Gasteiger partial charge in [0.15, 0.2) is 5.17 Å². The highest BCUT2D eigenvalue weighted by atomic mass is 32.2. The molecule has 0 saturated heterocycles. The second kappa shape index (κ2) is 7.69. The lowest BCUT2D eigenvalue weighted by atomic mass is 9.92. The minimum absolute atomic E-state index is 0.180. The van der Waals surface area contributed by atoms with E-state index in [4.69, 9.17) is 15.0 Å². The van der Waals surface area contributed by atoms with Gasteiger partial charge < -0.3 is 9.64 Å². The summed E-state index contributed by atoms with van der Waals surface area (Å²) in [6, 6.07) is 0. The molecule has 5 nitrogen and oxygen atoms in total. The zero-order chi connectivity index (χ0) is 16.9. The summed E-state index contributed by atoms with van der Waals surface area (Å²) in [4.78, 5) is 10.5. The van der Waals surface area contributed by atoms with Crippen LogP contribution in [0.15, 0.2) is 34.0 Å². The number of hydrogen-bond acceptors (Lipinski definition) is 5. The van der Waals surface area contributed by atoms with Gasteiger partial charge in [-0.25, -0.2) is 4.99 Å². The van der Waals surface area contributed by atoms with E-state index in [-0.39, 0.29) is 5.54 Å². The largest absolute Gasteiger partial charge is 0.475 e. The number of aliphatic imine (C=N–C) groups is 2. The molecule has 0 aromatic heterocycles. The predicted molar refractivity (Wildman–Crippen MR) is 96.1 cm³/mol. The SMILES string of the molecule is CCCCC1C=CN(C(=NC#N)SC)C=C1C1=NC(C)(C)CO1. The molecule has 6 heteroatoms. The number of amidine groups is 1.